The number of benzene rings is 1. The van der Waals surface area contributed by atoms with Crippen molar-refractivity contribution >= 4 is 43.4 Å². The van der Waals surface area contributed by atoms with Crippen molar-refractivity contribution in [3.63, 3.8) is 0 Å². The highest BCUT2D eigenvalue weighted by Crippen LogP contribution is 2.23. The molecule has 26 heavy (non-hydrogen) atoms. The molecule has 1 heterocycles. The third-order valence-electron chi connectivity index (χ3n) is 3.53. The van der Waals surface area contributed by atoms with E-state index in [-0.39, 0.29) is 10.9 Å². The number of nitrogens with zero attached hydrogens (tertiary/aromatic N) is 2. The van der Waals surface area contributed by atoms with E-state index in [0.29, 0.717) is 28.3 Å². The van der Waals surface area contributed by atoms with Gasteiger partial charge in [-0.1, -0.05) is 6.08 Å². The summed E-state index contributed by atoms with van der Waals surface area (Å²) in [4.78, 5) is 8.54. The Morgan fingerprint density at radius 1 is 1.38 bits per heavy atom. The van der Waals surface area contributed by atoms with Crippen molar-refractivity contribution in [2.45, 2.75) is 30.4 Å². The van der Waals surface area contributed by atoms with E-state index in [1.165, 1.54) is 12.1 Å². The minimum absolute atomic E-state index is 0.0205. The Morgan fingerprint density at radius 3 is 2.62 bits per heavy atom. The van der Waals surface area contributed by atoms with Crippen LogP contribution in [0.2, 0.25) is 0 Å². The highest BCUT2D eigenvalue weighted by molar-refractivity contribution is 9.10. The van der Waals surface area contributed by atoms with Crippen LogP contribution in [-0.2, 0) is 10.0 Å². The fraction of sp³-hybridized carbons (Fsp3) is 0.250. The Hall–Kier alpha value is -2.01. The Bertz CT molecular complexity index is 874. The van der Waals surface area contributed by atoms with Gasteiger partial charge in [-0.2, -0.15) is 4.98 Å². The van der Waals surface area contributed by atoms with Crippen molar-refractivity contribution in [3.05, 3.63) is 47.6 Å². The molecule has 0 aliphatic heterocycles. The maximum absolute atomic E-state index is 11.3. The number of aliphatic hydroxyl groups is 1. The van der Waals surface area contributed by atoms with Crippen LogP contribution in [0.1, 0.15) is 13.3 Å². The fourth-order valence-electron chi connectivity index (χ4n) is 2.07. The molecule has 0 saturated carbocycles. The number of hydrogen-bond donors (Lipinski definition) is 4. The molecule has 0 spiro atoms. The number of primary sulfonamides is 1. The summed E-state index contributed by atoms with van der Waals surface area (Å²) >= 11 is 3.37. The molecule has 2 atom stereocenters. The second-order valence-corrected chi connectivity index (χ2v) is 8.03. The summed E-state index contributed by atoms with van der Waals surface area (Å²) in [6.07, 6.45) is 3.08. The van der Waals surface area contributed by atoms with Crippen molar-refractivity contribution in [2.24, 2.45) is 5.14 Å². The Morgan fingerprint density at radius 2 is 2.04 bits per heavy atom. The minimum Gasteiger partial charge on any atom is -0.391 e. The third-order valence-corrected chi connectivity index (χ3v) is 5.04. The predicted molar refractivity (Wildman–Crippen MR) is 105 cm³/mol. The van der Waals surface area contributed by atoms with Gasteiger partial charge in [0.1, 0.15) is 5.82 Å². The molecule has 1 aromatic carbocycles. The lowest BCUT2D eigenvalue weighted by Gasteiger charge is -2.20. The summed E-state index contributed by atoms with van der Waals surface area (Å²) < 4.78 is 23.2. The van der Waals surface area contributed by atoms with Gasteiger partial charge in [-0.25, -0.2) is 18.5 Å². The fourth-order valence-corrected chi connectivity index (χ4v) is 2.89. The standard InChI is InChI=1S/C16H20BrN5O3S/c1-3-4-14(23)10(2)20-15-13(17)9-19-16(22-15)21-11-5-7-12(8-6-11)26(18,24)25/h3,5-10,14,23H,1,4H2,2H3,(H2,18,24,25)(H2,19,20,21,22). The first kappa shape index (κ1) is 20.3. The number of aliphatic hydroxyl groups excluding tert-OH is 1. The topological polar surface area (TPSA) is 130 Å². The van der Waals surface area contributed by atoms with E-state index in [0.717, 1.165) is 0 Å². The van der Waals surface area contributed by atoms with Crippen molar-refractivity contribution in [2.75, 3.05) is 10.6 Å². The average Bonchev–Trinajstić information content (AvgIpc) is 2.57. The molecular weight excluding hydrogens is 422 g/mol. The molecule has 1 aromatic heterocycles. The molecule has 8 nitrogen and oxygen atoms in total. The second kappa shape index (κ2) is 8.58. The maximum Gasteiger partial charge on any atom is 0.238 e. The van der Waals surface area contributed by atoms with Gasteiger partial charge in [0, 0.05) is 11.9 Å². The molecule has 140 valence electrons. The first-order chi connectivity index (χ1) is 12.2. The van der Waals surface area contributed by atoms with Crippen LogP contribution in [-0.4, -0.2) is 35.6 Å². The van der Waals surface area contributed by atoms with Gasteiger partial charge >= 0.3 is 0 Å². The molecule has 5 N–H and O–H groups in total. The summed E-state index contributed by atoms with van der Waals surface area (Å²) in [5.74, 6) is 0.823. The van der Waals surface area contributed by atoms with Crippen LogP contribution in [0.3, 0.4) is 0 Å². The third kappa shape index (κ3) is 5.49. The molecule has 2 unspecified atom stereocenters. The highest BCUT2D eigenvalue weighted by Gasteiger charge is 2.15. The zero-order chi connectivity index (χ0) is 19.3. The van der Waals surface area contributed by atoms with E-state index < -0.39 is 16.1 Å². The van der Waals surface area contributed by atoms with Crippen molar-refractivity contribution in [1.29, 1.82) is 0 Å². The summed E-state index contributed by atoms with van der Waals surface area (Å²) in [6, 6.07) is 5.66. The van der Waals surface area contributed by atoms with Crippen LogP contribution in [0, 0.1) is 0 Å². The number of anilines is 3. The average molecular weight is 442 g/mol. The molecule has 0 aliphatic carbocycles. The zero-order valence-corrected chi connectivity index (χ0v) is 16.5. The Balaban J connectivity index is 2.15. The van der Waals surface area contributed by atoms with Gasteiger partial charge in [-0.3, -0.25) is 0 Å². The van der Waals surface area contributed by atoms with Crippen LogP contribution in [0.15, 0.2) is 52.5 Å². The van der Waals surface area contributed by atoms with Gasteiger partial charge < -0.3 is 15.7 Å². The van der Waals surface area contributed by atoms with E-state index in [1.807, 2.05) is 6.92 Å². The predicted octanol–water partition coefficient (Wildman–Crippen LogP) is 2.37. The first-order valence-corrected chi connectivity index (χ1v) is 10.0. The minimum atomic E-state index is -3.74. The molecule has 0 saturated heterocycles. The molecule has 0 bridgehead atoms. The number of hydrogen-bond acceptors (Lipinski definition) is 7. The zero-order valence-electron chi connectivity index (χ0n) is 14.1. The number of halogens is 1. The van der Waals surface area contributed by atoms with E-state index in [2.05, 4.69) is 43.1 Å². The lowest BCUT2D eigenvalue weighted by atomic mass is 10.1. The summed E-state index contributed by atoms with van der Waals surface area (Å²) in [5, 5.41) is 21.2. The Kier molecular flexibility index (Phi) is 6.70. The summed E-state index contributed by atoms with van der Waals surface area (Å²) in [7, 11) is -3.74. The van der Waals surface area contributed by atoms with Gasteiger partial charge in [0.25, 0.3) is 0 Å². The number of sulfonamides is 1. The number of aromatic nitrogens is 2. The number of rotatable bonds is 8. The van der Waals surface area contributed by atoms with Crippen LogP contribution in [0.4, 0.5) is 17.5 Å². The van der Waals surface area contributed by atoms with E-state index >= 15 is 0 Å². The van der Waals surface area contributed by atoms with Crippen LogP contribution >= 0.6 is 15.9 Å². The lowest BCUT2D eigenvalue weighted by Crippen LogP contribution is -2.30. The number of nitrogens with one attached hydrogen (secondary N) is 2. The molecule has 0 amide bonds. The summed E-state index contributed by atoms with van der Waals surface area (Å²) in [5.41, 5.74) is 0.602. The first-order valence-electron chi connectivity index (χ1n) is 7.68. The van der Waals surface area contributed by atoms with Crippen molar-refractivity contribution in [3.8, 4) is 0 Å². The van der Waals surface area contributed by atoms with Gasteiger partial charge in [0.2, 0.25) is 16.0 Å². The molecule has 0 radical (unpaired) electrons. The quantitative estimate of drug-likeness (QED) is 0.462. The van der Waals surface area contributed by atoms with E-state index in [4.69, 9.17) is 5.14 Å². The van der Waals surface area contributed by atoms with Gasteiger partial charge in [0.15, 0.2) is 0 Å². The van der Waals surface area contributed by atoms with Crippen LogP contribution < -0.4 is 15.8 Å². The molecule has 2 aromatic rings. The SMILES string of the molecule is C=CCC(O)C(C)Nc1nc(Nc2ccc(S(N)(=O)=O)cc2)ncc1Br. The van der Waals surface area contributed by atoms with Crippen molar-refractivity contribution < 1.29 is 13.5 Å². The monoisotopic (exact) mass is 441 g/mol. The van der Waals surface area contributed by atoms with Gasteiger partial charge in [0.05, 0.1) is 21.5 Å². The van der Waals surface area contributed by atoms with E-state index in [9.17, 15) is 13.5 Å². The largest absolute Gasteiger partial charge is 0.391 e. The van der Waals surface area contributed by atoms with Crippen LogP contribution in [0.5, 0.6) is 0 Å². The summed E-state index contributed by atoms with van der Waals surface area (Å²) in [6.45, 7) is 5.45. The molecular formula is C16H20BrN5O3S. The Labute approximate surface area is 160 Å². The smallest absolute Gasteiger partial charge is 0.238 e. The van der Waals surface area contributed by atoms with Gasteiger partial charge in [-0.05, 0) is 53.5 Å². The maximum atomic E-state index is 11.3. The second-order valence-electron chi connectivity index (χ2n) is 5.61. The highest BCUT2D eigenvalue weighted by atomic mass is 79.9. The molecule has 2 rings (SSSR count). The van der Waals surface area contributed by atoms with Crippen LogP contribution in [0.25, 0.3) is 0 Å². The van der Waals surface area contributed by atoms with Gasteiger partial charge in [-0.15, -0.1) is 6.58 Å². The van der Waals surface area contributed by atoms with E-state index in [1.54, 1.807) is 24.4 Å². The van der Waals surface area contributed by atoms with Crippen molar-refractivity contribution in [1.82, 2.24) is 9.97 Å². The lowest BCUT2D eigenvalue weighted by molar-refractivity contribution is 0.161. The number of nitrogens with two attached hydrogens (primary N) is 1. The molecule has 0 aliphatic rings. The molecule has 0 fully saturated rings. The molecule has 10 heteroatoms. The normalized spacial score (nSPS) is 13.7.